The van der Waals surface area contributed by atoms with Crippen LogP contribution in [0.2, 0.25) is 0 Å². The summed E-state index contributed by atoms with van der Waals surface area (Å²) in [6, 6.07) is 6.52. The van der Waals surface area contributed by atoms with E-state index in [-0.39, 0.29) is 18.6 Å². The van der Waals surface area contributed by atoms with Crippen molar-refractivity contribution in [1.29, 1.82) is 0 Å². The van der Waals surface area contributed by atoms with Crippen molar-refractivity contribution >= 4 is 21.7 Å². The molecule has 0 aliphatic carbocycles. The molecule has 0 amide bonds. The van der Waals surface area contributed by atoms with Crippen molar-refractivity contribution < 1.29 is 23.1 Å². The normalized spacial score (nSPS) is 11.0. The third-order valence-corrected chi connectivity index (χ3v) is 3.62. The number of hydrogen-bond acceptors (Lipinski definition) is 4. The molecular formula is C12H17NO5S. The van der Waals surface area contributed by atoms with Crippen LogP contribution in [0.3, 0.4) is 0 Å². The molecule has 1 rings (SSSR count). The maximum absolute atomic E-state index is 11.7. The van der Waals surface area contributed by atoms with Gasteiger partial charge in [0.25, 0.3) is 0 Å². The topological polar surface area (TPSA) is 92.7 Å². The Morgan fingerprint density at radius 3 is 2.47 bits per heavy atom. The van der Waals surface area contributed by atoms with Crippen molar-refractivity contribution in [2.75, 3.05) is 17.1 Å². The zero-order valence-electron chi connectivity index (χ0n) is 10.6. The van der Waals surface area contributed by atoms with Gasteiger partial charge in [-0.1, -0.05) is 0 Å². The second-order valence-electron chi connectivity index (χ2n) is 3.88. The lowest BCUT2D eigenvalue weighted by molar-refractivity contribution is -0.137. The van der Waals surface area contributed by atoms with Gasteiger partial charge in [-0.2, -0.15) is 0 Å². The predicted molar refractivity (Wildman–Crippen MR) is 71.9 cm³/mol. The molecule has 0 heterocycles. The van der Waals surface area contributed by atoms with Gasteiger partial charge in [-0.15, -0.1) is 0 Å². The standard InChI is InChI=1S/C12H17NO5S/c1-2-18-11-7-5-10(6-8-11)13-19(16,17)9-3-4-12(14)15/h5-8,13H,2-4,9H2,1H3,(H,14,15). The fourth-order valence-corrected chi connectivity index (χ4v) is 2.55. The molecule has 0 radical (unpaired) electrons. The first-order valence-corrected chi connectivity index (χ1v) is 7.53. The lowest BCUT2D eigenvalue weighted by atomic mass is 10.3. The zero-order valence-corrected chi connectivity index (χ0v) is 11.4. The van der Waals surface area contributed by atoms with E-state index in [0.717, 1.165) is 0 Å². The van der Waals surface area contributed by atoms with Gasteiger partial charge in [0.15, 0.2) is 0 Å². The summed E-state index contributed by atoms with van der Waals surface area (Å²) in [6.45, 7) is 2.40. The minimum absolute atomic E-state index is 0.0850. The molecule has 0 unspecified atom stereocenters. The Morgan fingerprint density at radius 1 is 1.32 bits per heavy atom. The lowest BCUT2D eigenvalue weighted by Gasteiger charge is -2.08. The van der Waals surface area contributed by atoms with Crippen LogP contribution in [0.4, 0.5) is 5.69 Å². The van der Waals surface area contributed by atoms with E-state index < -0.39 is 16.0 Å². The highest BCUT2D eigenvalue weighted by Crippen LogP contribution is 2.16. The molecule has 7 heteroatoms. The summed E-state index contributed by atoms with van der Waals surface area (Å²) in [5, 5.41) is 8.45. The summed E-state index contributed by atoms with van der Waals surface area (Å²) in [5.74, 6) is -0.556. The Balaban J connectivity index is 2.55. The second kappa shape index (κ2) is 6.98. The highest BCUT2D eigenvalue weighted by atomic mass is 32.2. The van der Waals surface area contributed by atoms with Gasteiger partial charge >= 0.3 is 5.97 Å². The number of carbonyl (C=O) groups is 1. The highest BCUT2D eigenvalue weighted by molar-refractivity contribution is 7.92. The van der Waals surface area contributed by atoms with Crippen LogP contribution in [0.15, 0.2) is 24.3 Å². The van der Waals surface area contributed by atoms with Crippen LogP contribution in [0.5, 0.6) is 5.75 Å². The number of carboxylic acids is 1. The largest absolute Gasteiger partial charge is 0.494 e. The number of anilines is 1. The van der Waals surface area contributed by atoms with Crippen molar-refractivity contribution in [2.45, 2.75) is 19.8 Å². The van der Waals surface area contributed by atoms with Crippen LogP contribution >= 0.6 is 0 Å². The minimum Gasteiger partial charge on any atom is -0.494 e. The molecule has 106 valence electrons. The van der Waals surface area contributed by atoms with E-state index in [1.54, 1.807) is 24.3 Å². The SMILES string of the molecule is CCOc1ccc(NS(=O)(=O)CCCC(=O)O)cc1. The third kappa shape index (κ3) is 6.10. The van der Waals surface area contributed by atoms with Gasteiger partial charge in [0.2, 0.25) is 10.0 Å². The molecule has 0 atom stereocenters. The first-order chi connectivity index (χ1) is 8.93. The van der Waals surface area contributed by atoms with Crippen molar-refractivity contribution in [3.8, 4) is 5.75 Å². The lowest BCUT2D eigenvalue weighted by Crippen LogP contribution is -2.17. The molecule has 6 nitrogen and oxygen atoms in total. The summed E-state index contributed by atoms with van der Waals surface area (Å²) in [5.41, 5.74) is 0.429. The number of rotatable bonds is 8. The fourth-order valence-electron chi connectivity index (χ4n) is 1.43. The van der Waals surface area contributed by atoms with Crippen LogP contribution in [0.1, 0.15) is 19.8 Å². The Kier molecular flexibility index (Phi) is 5.62. The molecule has 0 aliphatic rings. The van der Waals surface area contributed by atoms with Gasteiger partial charge in [-0.05, 0) is 37.6 Å². The zero-order chi connectivity index (χ0) is 14.3. The van der Waals surface area contributed by atoms with Crippen molar-refractivity contribution in [1.82, 2.24) is 0 Å². The summed E-state index contributed by atoms with van der Waals surface area (Å²) in [4.78, 5) is 10.3. The van der Waals surface area contributed by atoms with Crippen LogP contribution < -0.4 is 9.46 Å². The number of sulfonamides is 1. The van der Waals surface area contributed by atoms with Crippen LogP contribution in [0, 0.1) is 0 Å². The number of nitrogens with one attached hydrogen (secondary N) is 1. The molecule has 0 bridgehead atoms. The number of carboxylic acid groups (broad SMARTS) is 1. The van der Waals surface area contributed by atoms with Gasteiger partial charge in [-0.25, -0.2) is 8.42 Å². The Bertz CT molecular complexity index is 509. The van der Waals surface area contributed by atoms with E-state index in [1.807, 2.05) is 6.92 Å². The monoisotopic (exact) mass is 287 g/mol. The molecule has 0 aliphatic heterocycles. The Morgan fingerprint density at radius 2 is 1.95 bits per heavy atom. The van der Waals surface area contributed by atoms with Gasteiger partial charge in [-0.3, -0.25) is 9.52 Å². The summed E-state index contributed by atoms with van der Waals surface area (Å²) >= 11 is 0. The molecular weight excluding hydrogens is 270 g/mol. The Labute approximate surface area is 112 Å². The van der Waals surface area contributed by atoms with Crippen molar-refractivity contribution in [3.05, 3.63) is 24.3 Å². The average Bonchev–Trinajstić information content (AvgIpc) is 2.31. The van der Waals surface area contributed by atoms with Crippen LogP contribution in [-0.2, 0) is 14.8 Å². The number of benzene rings is 1. The van der Waals surface area contributed by atoms with Crippen molar-refractivity contribution in [3.63, 3.8) is 0 Å². The predicted octanol–water partition coefficient (Wildman–Crippen LogP) is 1.69. The van der Waals surface area contributed by atoms with Gasteiger partial charge in [0, 0.05) is 12.1 Å². The van der Waals surface area contributed by atoms with Crippen LogP contribution in [-0.4, -0.2) is 31.9 Å². The molecule has 2 N–H and O–H groups in total. The maximum Gasteiger partial charge on any atom is 0.303 e. The van der Waals surface area contributed by atoms with Gasteiger partial charge in [0.05, 0.1) is 12.4 Å². The first kappa shape index (κ1) is 15.3. The first-order valence-electron chi connectivity index (χ1n) is 5.88. The molecule has 19 heavy (non-hydrogen) atoms. The Hall–Kier alpha value is -1.76. The second-order valence-corrected chi connectivity index (χ2v) is 5.72. The van der Waals surface area contributed by atoms with Crippen molar-refractivity contribution in [2.24, 2.45) is 0 Å². The quantitative estimate of drug-likeness (QED) is 0.759. The van der Waals surface area contributed by atoms with E-state index in [1.165, 1.54) is 0 Å². The van der Waals surface area contributed by atoms with E-state index in [0.29, 0.717) is 18.0 Å². The highest BCUT2D eigenvalue weighted by Gasteiger charge is 2.11. The molecule has 0 saturated carbocycles. The number of hydrogen-bond donors (Lipinski definition) is 2. The molecule has 0 saturated heterocycles. The smallest absolute Gasteiger partial charge is 0.303 e. The molecule has 0 fully saturated rings. The summed E-state index contributed by atoms with van der Waals surface area (Å²) in [6.07, 6.45) is -0.0775. The maximum atomic E-state index is 11.7. The third-order valence-electron chi connectivity index (χ3n) is 2.24. The number of aliphatic carboxylic acids is 1. The van der Waals surface area contributed by atoms with E-state index in [4.69, 9.17) is 9.84 Å². The summed E-state index contributed by atoms with van der Waals surface area (Å²) < 4.78 is 30.9. The molecule has 1 aromatic carbocycles. The minimum atomic E-state index is -3.51. The molecule has 0 aromatic heterocycles. The number of ether oxygens (including phenoxy) is 1. The van der Waals surface area contributed by atoms with Crippen LogP contribution in [0.25, 0.3) is 0 Å². The fraction of sp³-hybridized carbons (Fsp3) is 0.417. The van der Waals surface area contributed by atoms with E-state index in [9.17, 15) is 13.2 Å². The molecule has 1 aromatic rings. The van der Waals surface area contributed by atoms with E-state index >= 15 is 0 Å². The van der Waals surface area contributed by atoms with Gasteiger partial charge < -0.3 is 9.84 Å². The average molecular weight is 287 g/mol. The van der Waals surface area contributed by atoms with E-state index in [2.05, 4.69) is 4.72 Å². The van der Waals surface area contributed by atoms with Gasteiger partial charge in [0.1, 0.15) is 5.75 Å². The molecule has 0 spiro atoms. The summed E-state index contributed by atoms with van der Waals surface area (Å²) in [7, 11) is -3.51.